The summed E-state index contributed by atoms with van der Waals surface area (Å²) in [4.78, 5) is 41.2. The summed E-state index contributed by atoms with van der Waals surface area (Å²) in [5, 5.41) is 11.6. The zero-order chi connectivity index (χ0) is 22.8. The molecule has 0 saturated heterocycles. The predicted octanol–water partition coefficient (Wildman–Crippen LogP) is 3.97. The first-order valence-electron chi connectivity index (χ1n) is 9.92. The molecule has 0 aliphatic heterocycles. The molecule has 1 aromatic heterocycles. The Balaban J connectivity index is 1.42. The van der Waals surface area contributed by atoms with E-state index in [0.717, 1.165) is 38.5 Å². The monoisotopic (exact) mass is 451 g/mol. The Morgan fingerprint density at radius 1 is 1.09 bits per heavy atom. The van der Waals surface area contributed by atoms with Gasteiger partial charge in [0, 0.05) is 13.0 Å². The number of aromatic nitrogens is 1. The van der Waals surface area contributed by atoms with Gasteiger partial charge in [0.15, 0.2) is 5.13 Å². The van der Waals surface area contributed by atoms with Gasteiger partial charge in [-0.05, 0) is 29.2 Å². The lowest BCUT2D eigenvalue weighted by Crippen LogP contribution is -2.31. The molecule has 2 aromatic carbocycles. The minimum Gasteiger partial charge on any atom is -0.480 e. The number of nitrogens with zero attached hydrogens (tertiary/aromatic N) is 2. The van der Waals surface area contributed by atoms with Crippen molar-refractivity contribution in [3.05, 3.63) is 70.2 Å². The Labute approximate surface area is 188 Å². The van der Waals surface area contributed by atoms with Crippen molar-refractivity contribution >= 4 is 34.4 Å². The number of rotatable bonds is 6. The summed E-state index contributed by atoms with van der Waals surface area (Å²) in [5.41, 5.74) is 4.91. The summed E-state index contributed by atoms with van der Waals surface area (Å²) in [6.45, 7) is 1.36. The number of benzene rings is 2. The van der Waals surface area contributed by atoms with Crippen LogP contribution in [0, 0.1) is 6.92 Å². The molecular formula is C23H21N3O5S. The molecule has 1 heterocycles. The van der Waals surface area contributed by atoms with E-state index in [2.05, 4.69) is 22.4 Å². The van der Waals surface area contributed by atoms with E-state index in [9.17, 15) is 14.4 Å². The smallest absolute Gasteiger partial charge is 0.413 e. The zero-order valence-electron chi connectivity index (χ0n) is 17.5. The van der Waals surface area contributed by atoms with Crippen LogP contribution in [0.3, 0.4) is 0 Å². The van der Waals surface area contributed by atoms with Gasteiger partial charge in [0.2, 0.25) is 0 Å². The van der Waals surface area contributed by atoms with Gasteiger partial charge in [-0.3, -0.25) is 14.9 Å². The number of aryl methyl sites for hydroxylation is 1. The van der Waals surface area contributed by atoms with Crippen LogP contribution in [0.1, 0.15) is 32.4 Å². The summed E-state index contributed by atoms with van der Waals surface area (Å²) in [6, 6.07) is 16.1. The summed E-state index contributed by atoms with van der Waals surface area (Å²) in [5.74, 6) is -1.64. The van der Waals surface area contributed by atoms with Crippen molar-refractivity contribution in [2.45, 2.75) is 12.8 Å². The maximum absolute atomic E-state index is 12.4. The summed E-state index contributed by atoms with van der Waals surface area (Å²) < 4.78 is 5.50. The fourth-order valence-corrected chi connectivity index (χ4v) is 4.76. The largest absolute Gasteiger partial charge is 0.480 e. The van der Waals surface area contributed by atoms with Crippen LogP contribution >= 0.6 is 11.3 Å². The molecule has 0 unspecified atom stereocenters. The molecule has 9 heteroatoms. The van der Waals surface area contributed by atoms with Crippen molar-refractivity contribution in [2.75, 3.05) is 25.5 Å². The van der Waals surface area contributed by atoms with Crippen LogP contribution in [0.25, 0.3) is 11.1 Å². The SMILES string of the molecule is Cc1nc(NC(=O)OCC2c3ccccc3-c3ccccc32)sc1C(=O)N(C)CC(=O)O. The summed E-state index contributed by atoms with van der Waals surface area (Å²) >= 11 is 0.979. The lowest BCUT2D eigenvalue weighted by molar-refractivity contribution is -0.137. The topological polar surface area (TPSA) is 109 Å². The number of hydrogen-bond acceptors (Lipinski definition) is 6. The number of aliphatic carboxylic acids is 1. The van der Waals surface area contributed by atoms with Crippen molar-refractivity contribution in [3.8, 4) is 11.1 Å². The fraction of sp³-hybridized carbons (Fsp3) is 0.217. The molecule has 164 valence electrons. The lowest BCUT2D eigenvalue weighted by Gasteiger charge is -2.14. The number of ether oxygens (including phenoxy) is 1. The third-order valence-corrected chi connectivity index (χ3v) is 6.32. The number of carboxylic acid groups (broad SMARTS) is 1. The van der Waals surface area contributed by atoms with Gasteiger partial charge in [0.1, 0.15) is 18.0 Å². The Morgan fingerprint density at radius 2 is 1.69 bits per heavy atom. The highest BCUT2D eigenvalue weighted by atomic mass is 32.1. The molecule has 0 fully saturated rings. The van der Waals surface area contributed by atoms with Gasteiger partial charge < -0.3 is 14.7 Å². The van der Waals surface area contributed by atoms with Crippen LogP contribution in [0.2, 0.25) is 0 Å². The van der Waals surface area contributed by atoms with Gasteiger partial charge in [-0.1, -0.05) is 59.9 Å². The van der Waals surface area contributed by atoms with Crippen LogP contribution in [-0.2, 0) is 9.53 Å². The number of thiazole rings is 1. The van der Waals surface area contributed by atoms with Crippen LogP contribution < -0.4 is 5.32 Å². The maximum atomic E-state index is 12.4. The first kappa shape index (κ1) is 21.5. The molecule has 2 amide bonds. The Morgan fingerprint density at radius 3 is 2.28 bits per heavy atom. The average molecular weight is 452 g/mol. The highest BCUT2D eigenvalue weighted by Crippen LogP contribution is 2.44. The summed E-state index contributed by atoms with van der Waals surface area (Å²) in [6.07, 6.45) is -0.668. The van der Waals surface area contributed by atoms with E-state index in [1.165, 1.54) is 7.05 Å². The van der Waals surface area contributed by atoms with Gasteiger partial charge in [0.25, 0.3) is 5.91 Å². The fourth-order valence-electron chi connectivity index (χ4n) is 3.82. The molecular weight excluding hydrogens is 430 g/mol. The van der Waals surface area contributed by atoms with E-state index in [0.29, 0.717) is 5.69 Å². The zero-order valence-corrected chi connectivity index (χ0v) is 18.3. The van der Waals surface area contributed by atoms with Gasteiger partial charge >= 0.3 is 12.1 Å². The number of carbonyl (C=O) groups excluding carboxylic acids is 2. The Bertz CT molecular complexity index is 1160. The molecule has 8 nitrogen and oxygen atoms in total. The third kappa shape index (κ3) is 4.19. The number of anilines is 1. The molecule has 0 radical (unpaired) electrons. The first-order chi connectivity index (χ1) is 15.3. The third-order valence-electron chi connectivity index (χ3n) is 5.26. The van der Waals surface area contributed by atoms with E-state index < -0.39 is 24.5 Å². The molecule has 0 bridgehead atoms. The van der Waals surface area contributed by atoms with Crippen LogP contribution in [0.4, 0.5) is 9.93 Å². The van der Waals surface area contributed by atoms with Crippen molar-refractivity contribution in [3.63, 3.8) is 0 Å². The number of carboxylic acids is 1. The predicted molar refractivity (Wildman–Crippen MR) is 120 cm³/mol. The van der Waals surface area contributed by atoms with Crippen LogP contribution in [-0.4, -0.2) is 53.2 Å². The van der Waals surface area contributed by atoms with Crippen LogP contribution in [0.15, 0.2) is 48.5 Å². The van der Waals surface area contributed by atoms with E-state index in [1.54, 1.807) is 6.92 Å². The molecule has 1 aliphatic carbocycles. The second-order valence-corrected chi connectivity index (χ2v) is 8.44. The quantitative estimate of drug-likeness (QED) is 0.587. The number of fused-ring (bicyclic) bond motifs is 3. The highest BCUT2D eigenvalue weighted by molar-refractivity contribution is 7.17. The second-order valence-electron chi connectivity index (χ2n) is 7.44. The molecule has 32 heavy (non-hydrogen) atoms. The second kappa shape index (κ2) is 8.80. The van der Waals surface area contributed by atoms with Crippen molar-refractivity contribution < 1.29 is 24.2 Å². The number of likely N-dealkylation sites (N-methyl/N-ethyl adjacent to an activating group) is 1. The number of hydrogen-bond donors (Lipinski definition) is 2. The standard InChI is InChI=1S/C23H21N3O5S/c1-13-20(21(29)26(2)11-19(27)28)32-22(24-13)25-23(30)31-12-18-16-9-5-3-7-14(16)15-8-4-6-10-17(15)18/h3-10,18H,11-12H2,1-2H3,(H,27,28)(H,24,25,30). The number of nitrogens with one attached hydrogen (secondary N) is 1. The number of carbonyl (C=O) groups is 3. The van der Waals surface area contributed by atoms with Gasteiger partial charge in [0.05, 0.1) is 5.69 Å². The molecule has 1 aliphatic rings. The van der Waals surface area contributed by atoms with Gasteiger partial charge in [-0.25, -0.2) is 9.78 Å². The van der Waals surface area contributed by atoms with Gasteiger partial charge in [-0.2, -0.15) is 0 Å². The minimum atomic E-state index is -1.11. The Hall–Kier alpha value is -3.72. The molecule has 3 aromatic rings. The lowest BCUT2D eigenvalue weighted by atomic mass is 9.98. The summed E-state index contributed by atoms with van der Waals surface area (Å²) in [7, 11) is 1.40. The highest BCUT2D eigenvalue weighted by Gasteiger charge is 2.29. The normalized spacial score (nSPS) is 12.1. The van der Waals surface area contributed by atoms with E-state index in [1.807, 2.05) is 36.4 Å². The molecule has 4 rings (SSSR count). The molecule has 0 atom stereocenters. The average Bonchev–Trinajstić information content (AvgIpc) is 3.28. The maximum Gasteiger partial charge on any atom is 0.413 e. The molecule has 0 spiro atoms. The molecule has 0 saturated carbocycles. The van der Waals surface area contributed by atoms with E-state index in [-0.39, 0.29) is 22.5 Å². The Kier molecular flexibility index (Phi) is 5.91. The van der Waals surface area contributed by atoms with E-state index >= 15 is 0 Å². The first-order valence-corrected chi connectivity index (χ1v) is 10.7. The van der Waals surface area contributed by atoms with Gasteiger partial charge in [-0.15, -0.1) is 0 Å². The number of amides is 2. The minimum absolute atomic E-state index is 0.0620. The van der Waals surface area contributed by atoms with Crippen molar-refractivity contribution in [1.82, 2.24) is 9.88 Å². The van der Waals surface area contributed by atoms with Crippen molar-refractivity contribution in [1.29, 1.82) is 0 Å². The van der Waals surface area contributed by atoms with Crippen LogP contribution in [0.5, 0.6) is 0 Å². The molecule has 2 N–H and O–H groups in total. The van der Waals surface area contributed by atoms with E-state index in [4.69, 9.17) is 9.84 Å². The van der Waals surface area contributed by atoms with Crippen molar-refractivity contribution in [2.24, 2.45) is 0 Å².